The van der Waals surface area contributed by atoms with Gasteiger partial charge in [0, 0.05) is 72.5 Å². The molecule has 0 aliphatic carbocycles. The largest absolute Gasteiger partial charge is 0.340 e. The Kier molecular flexibility index (Phi) is 8.45. The molecule has 1 saturated heterocycles. The zero-order valence-corrected chi connectivity index (χ0v) is 20.6. The van der Waals surface area contributed by atoms with E-state index in [9.17, 15) is 5.53 Å². The van der Waals surface area contributed by atoms with Gasteiger partial charge in [-0.2, -0.15) is 0 Å². The van der Waals surface area contributed by atoms with Gasteiger partial charge in [0.2, 0.25) is 0 Å². The first-order chi connectivity index (χ1) is 16.8. The van der Waals surface area contributed by atoms with E-state index in [1.165, 1.54) is 27.4 Å². The maximum atomic E-state index is 9.27. The van der Waals surface area contributed by atoms with Crippen LogP contribution >= 0.6 is 12.4 Å². The van der Waals surface area contributed by atoms with Crippen LogP contribution in [0, 0.1) is 0 Å². The molecule has 1 atom stereocenters. The summed E-state index contributed by atoms with van der Waals surface area (Å²) in [7, 11) is 0. The average molecular weight is 487 g/mol. The topological polar surface area (TPSA) is 60.2 Å². The lowest BCUT2D eigenvalue weighted by Crippen LogP contribution is -2.48. The molecule has 1 aromatic heterocycles. The predicted octanol–water partition coefficient (Wildman–Crippen LogP) is 6.23. The van der Waals surface area contributed by atoms with Gasteiger partial charge in [-0.15, -0.1) is 12.4 Å². The SMILES string of the molecule is Cl.[N-]=[N+]=NC(CN1CCN(C/C=C/c2ccccc2)CC1)Cn1c2ccccc2c2ccccc21. The Morgan fingerprint density at radius 2 is 1.34 bits per heavy atom. The van der Waals surface area contributed by atoms with E-state index in [2.05, 4.69) is 109 Å². The molecule has 1 aliphatic rings. The van der Waals surface area contributed by atoms with Crippen LogP contribution in [0.1, 0.15) is 5.56 Å². The van der Waals surface area contributed by atoms with E-state index in [1.54, 1.807) is 0 Å². The van der Waals surface area contributed by atoms with E-state index in [1.807, 2.05) is 6.07 Å². The van der Waals surface area contributed by atoms with Crippen molar-refractivity contribution in [3.8, 4) is 0 Å². The number of hydrogen-bond acceptors (Lipinski definition) is 3. The fraction of sp³-hybridized carbons (Fsp3) is 0.286. The first kappa shape index (κ1) is 24.8. The van der Waals surface area contributed by atoms with Gasteiger partial charge in [-0.05, 0) is 23.2 Å². The maximum Gasteiger partial charge on any atom is 0.0680 e. The third-order valence-corrected chi connectivity index (χ3v) is 6.70. The molecule has 1 fully saturated rings. The van der Waals surface area contributed by atoms with E-state index in [0.717, 1.165) is 39.3 Å². The Bertz CT molecular complexity index is 1260. The van der Waals surface area contributed by atoms with Crippen molar-refractivity contribution < 1.29 is 0 Å². The Morgan fingerprint density at radius 1 is 0.771 bits per heavy atom. The summed E-state index contributed by atoms with van der Waals surface area (Å²) >= 11 is 0. The van der Waals surface area contributed by atoms with Crippen LogP contribution in [-0.4, -0.2) is 59.7 Å². The molecule has 6 nitrogen and oxygen atoms in total. The normalized spacial score (nSPS) is 15.8. The molecule has 35 heavy (non-hydrogen) atoms. The lowest BCUT2D eigenvalue weighted by atomic mass is 10.2. The molecule has 0 saturated carbocycles. The molecule has 3 aromatic carbocycles. The number of rotatable bonds is 8. The predicted molar refractivity (Wildman–Crippen MR) is 148 cm³/mol. The van der Waals surface area contributed by atoms with Gasteiger partial charge in [0.15, 0.2) is 0 Å². The summed E-state index contributed by atoms with van der Waals surface area (Å²) in [6.07, 6.45) is 4.44. The zero-order chi connectivity index (χ0) is 23.2. The van der Waals surface area contributed by atoms with Crippen molar-refractivity contribution in [1.29, 1.82) is 0 Å². The van der Waals surface area contributed by atoms with Gasteiger partial charge in [-0.25, -0.2) is 0 Å². The van der Waals surface area contributed by atoms with Gasteiger partial charge < -0.3 is 9.47 Å². The highest BCUT2D eigenvalue weighted by atomic mass is 35.5. The van der Waals surface area contributed by atoms with Gasteiger partial charge in [-0.3, -0.25) is 4.90 Å². The van der Waals surface area contributed by atoms with Crippen LogP contribution in [0.15, 0.2) is 90.1 Å². The van der Waals surface area contributed by atoms with Crippen LogP contribution in [0.5, 0.6) is 0 Å². The van der Waals surface area contributed by atoms with Gasteiger partial charge in [0.05, 0.1) is 6.04 Å². The number of halogens is 1. The van der Waals surface area contributed by atoms with Crippen molar-refractivity contribution in [2.24, 2.45) is 5.11 Å². The summed E-state index contributed by atoms with van der Waals surface area (Å²) in [5.74, 6) is 0. The van der Waals surface area contributed by atoms with Crippen molar-refractivity contribution >= 4 is 40.3 Å². The summed E-state index contributed by atoms with van der Waals surface area (Å²) in [4.78, 5) is 8.10. The molecule has 5 rings (SSSR count). The highest BCUT2D eigenvalue weighted by Crippen LogP contribution is 2.29. The minimum Gasteiger partial charge on any atom is -0.340 e. The highest BCUT2D eigenvalue weighted by molar-refractivity contribution is 6.07. The summed E-state index contributed by atoms with van der Waals surface area (Å²) < 4.78 is 2.31. The van der Waals surface area contributed by atoms with E-state index in [4.69, 9.17) is 0 Å². The second kappa shape index (κ2) is 11.9. The molecule has 0 bridgehead atoms. The molecular formula is C28H31ClN6. The standard InChI is InChI=1S/C28H30N6.ClH/c29-31-30-24(22-34-27-14-6-4-12-25(27)26-13-5-7-15-28(26)34)21-33-19-17-32(18-20-33)16-8-11-23-9-2-1-3-10-23;/h1-15,24H,16-22H2;1H/b11-8+;. The molecule has 0 radical (unpaired) electrons. The maximum absolute atomic E-state index is 9.27. The van der Waals surface area contributed by atoms with E-state index in [0.29, 0.717) is 6.54 Å². The first-order valence-electron chi connectivity index (χ1n) is 12.0. The number of azide groups is 1. The van der Waals surface area contributed by atoms with E-state index in [-0.39, 0.29) is 18.4 Å². The Morgan fingerprint density at radius 3 is 1.97 bits per heavy atom. The van der Waals surface area contributed by atoms with E-state index >= 15 is 0 Å². The molecule has 4 aromatic rings. The van der Waals surface area contributed by atoms with Crippen molar-refractivity contribution in [3.05, 3.63) is 101 Å². The van der Waals surface area contributed by atoms with Crippen LogP contribution < -0.4 is 0 Å². The number of hydrogen-bond donors (Lipinski definition) is 0. The molecule has 2 heterocycles. The first-order valence-corrected chi connectivity index (χ1v) is 12.0. The second-order valence-corrected chi connectivity index (χ2v) is 8.92. The molecule has 0 N–H and O–H groups in total. The molecule has 7 heteroatoms. The van der Waals surface area contributed by atoms with Crippen LogP contribution in [0.3, 0.4) is 0 Å². The molecule has 0 spiro atoms. The number of benzene rings is 3. The van der Waals surface area contributed by atoms with Gasteiger partial charge in [0.25, 0.3) is 0 Å². The fourth-order valence-electron chi connectivity index (χ4n) is 4.97. The number of piperazine rings is 1. The van der Waals surface area contributed by atoms with Crippen molar-refractivity contribution in [2.75, 3.05) is 39.3 Å². The van der Waals surface area contributed by atoms with Gasteiger partial charge in [0.1, 0.15) is 0 Å². The highest BCUT2D eigenvalue weighted by Gasteiger charge is 2.21. The fourth-order valence-corrected chi connectivity index (χ4v) is 4.97. The Labute approximate surface area is 212 Å². The summed E-state index contributed by atoms with van der Waals surface area (Å²) in [5.41, 5.74) is 12.9. The minimum absolute atomic E-state index is 0. The molecule has 180 valence electrons. The lowest BCUT2D eigenvalue weighted by Gasteiger charge is -2.35. The summed E-state index contributed by atoms with van der Waals surface area (Å²) in [6, 6.07) is 27.3. The number of para-hydroxylation sites is 2. The quantitative estimate of drug-likeness (QED) is 0.168. The Balaban J connectivity index is 0.00000289. The van der Waals surface area contributed by atoms with Crippen molar-refractivity contribution in [2.45, 2.75) is 12.6 Å². The third kappa shape index (κ3) is 5.87. The molecule has 1 unspecified atom stereocenters. The number of aromatic nitrogens is 1. The molecule has 0 amide bonds. The van der Waals surface area contributed by atoms with Crippen molar-refractivity contribution in [3.63, 3.8) is 0 Å². The van der Waals surface area contributed by atoms with Gasteiger partial charge >= 0.3 is 0 Å². The van der Waals surface area contributed by atoms with Gasteiger partial charge in [-0.1, -0.05) is 84.0 Å². The van der Waals surface area contributed by atoms with E-state index < -0.39 is 0 Å². The van der Waals surface area contributed by atoms with Crippen LogP contribution in [0.4, 0.5) is 0 Å². The smallest absolute Gasteiger partial charge is 0.0680 e. The molecule has 1 aliphatic heterocycles. The lowest BCUT2D eigenvalue weighted by molar-refractivity contribution is 0.135. The minimum atomic E-state index is -0.117. The Hall–Kier alpha value is -3.28. The number of nitrogens with zero attached hydrogens (tertiary/aromatic N) is 6. The van der Waals surface area contributed by atoms with Crippen LogP contribution in [0.2, 0.25) is 0 Å². The second-order valence-electron chi connectivity index (χ2n) is 8.92. The van der Waals surface area contributed by atoms with Crippen LogP contribution in [0.25, 0.3) is 38.3 Å². The summed E-state index contributed by atoms with van der Waals surface area (Å²) in [6.45, 7) is 6.45. The van der Waals surface area contributed by atoms with Crippen molar-refractivity contribution in [1.82, 2.24) is 14.4 Å². The zero-order valence-electron chi connectivity index (χ0n) is 19.8. The number of fused-ring (bicyclic) bond motifs is 3. The molecular weight excluding hydrogens is 456 g/mol. The summed E-state index contributed by atoms with van der Waals surface area (Å²) in [5, 5.41) is 6.69. The third-order valence-electron chi connectivity index (χ3n) is 6.70. The average Bonchev–Trinajstić information content (AvgIpc) is 3.20. The monoisotopic (exact) mass is 486 g/mol. The van der Waals surface area contributed by atoms with Crippen LogP contribution in [-0.2, 0) is 6.54 Å².